The molecule has 2 nitrogen and oxygen atoms in total. The summed E-state index contributed by atoms with van der Waals surface area (Å²) >= 11 is 0. The van der Waals surface area contributed by atoms with Crippen molar-refractivity contribution in [3.05, 3.63) is 47.5 Å². The minimum Gasteiger partial charge on any atom is -0.298 e. The zero-order valence-corrected chi connectivity index (χ0v) is 7.44. The van der Waals surface area contributed by atoms with E-state index in [9.17, 15) is 9.59 Å². The first-order chi connectivity index (χ1) is 6.86. The summed E-state index contributed by atoms with van der Waals surface area (Å²) in [6.45, 7) is 0. The number of hydrogen-bond acceptors (Lipinski definition) is 2. The summed E-state index contributed by atoms with van der Waals surface area (Å²) in [4.78, 5) is 20.4. The molecule has 1 aromatic rings. The van der Waals surface area contributed by atoms with E-state index in [2.05, 4.69) is 11.8 Å². The molecule has 0 aliphatic rings. The molecular weight excluding hydrogens is 176 g/mol. The lowest BCUT2D eigenvalue weighted by Crippen LogP contribution is -1.83. The fourth-order valence-electron chi connectivity index (χ4n) is 0.820. The van der Waals surface area contributed by atoms with Crippen LogP contribution in [0.3, 0.4) is 0 Å². The molecule has 0 aromatic heterocycles. The van der Waals surface area contributed by atoms with Gasteiger partial charge < -0.3 is 0 Å². The molecule has 0 N–H and O–H groups in total. The van der Waals surface area contributed by atoms with Crippen LogP contribution in [0.1, 0.15) is 5.56 Å². The van der Waals surface area contributed by atoms with Gasteiger partial charge in [-0.1, -0.05) is 30.0 Å². The Bertz CT molecular complexity index is 395. The molecule has 0 saturated heterocycles. The van der Waals surface area contributed by atoms with Crippen molar-refractivity contribution in [2.24, 2.45) is 0 Å². The molecule has 14 heavy (non-hydrogen) atoms. The first kappa shape index (κ1) is 9.94. The lowest BCUT2D eigenvalue weighted by Gasteiger charge is -1.84. The first-order valence-corrected chi connectivity index (χ1v) is 4.04. The highest BCUT2D eigenvalue weighted by atomic mass is 16.1. The van der Waals surface area contributed by atoms with Crippen LogP contribution < -0.4 is 0 Å². The first-order valence-electron chi connectivity index (χ1n) is 4.04. The number of hydrogen-bond donors (Lipinski definition) is 0. The normalized spacial score (nSPS) is 8.00. The van der Waals surface area contributed by atoms with Gasteiger partial charge in [-0.3, -0.25) is 9.59 Å². The number of carbonyl (C=O) groups is 2. The van der Waals surface area contributed by atoms with Gasteiger partial charge in [0.2, 0.25) is 0 Å². The van der Waals surface area contributed by atoms with Gasteiger partial charge in [-0.15, -0.1) is 0 Å². The molecule has 0 spiro atoms. The second-order valence-corrected chi connectivity index (χ2v) is 2.52. The fraction of sp³-hybridized carbons (Fsp3) is 0. The molecule has 0 amide bonds. The standard InChI is InChI=1S/C12H8O2/c13-9-12(10-14)8-4-7-11-5-2-1-3-6-11/h1-3,5-6,8-10H. The molecule has 2 heteroatoms. The maximum absolute atomic E-state index is 10.2. The summed E-state index contributed by atoms with van der Waals surface area (Å²) in [5.41, 5.74) is 0.897. The smallest absolute Gasteiger partial charge is 0.153 e. The summed E-state index contributed by atoms with van der Waals surface area (Å²) < 4.78 is 0. The van der Waals surface area contributed by atoms with Gasteiger partial charge in [0.25, 0.3) is 0 Å². The number of rotatable bonds is 2. The molecule has 0 radical (unpaired) electrons. The van der Waals surface area contributed by atoms with Crippen molar-refractivity contribution in [2.75, 3.05) is 0 Å². The van der Waals surface area contributed by atoms with Crippen LogP contribution >= 0.6 is 0 Å². The van der Waals surface area contributed by atoms with Crippen LogP contribution in [0.4, 0.5) is 0 Å². The van der Waals surface area contributed by atoms with E-state index in [1.807, 2.05) is 30.3 Å². The number of carbonyl (C=O) groups excluding carboxylic acids is 2. The number of benzene rings is 1. The summed E-state index contributed by atoms with van der Waals surface area (Å²) in [5.74, 6) is 5.43. The molecule has 68 valence electrons. The second-order valence-electron chi connectivity index (χ2n) is 2.52. The van der Waals surface area contributed by atoms with E-state index in [0.29, 0.717) is 12.6 Å². The van der Waals surface area contributed by atoms with Gasteiger partial charge in [-0.2, -0.15) is 0 Å². The Morgan fingerprint density at radius 3 is 2.29 bits per heavy atom. The molecular formula is C12H8O2. The molecule has 1 aromatic carbocycles. The average molecular weight is 184 g/mol. The van der Waals surface area contributed by atoms with E-state index in [1.54, 1.807) is 0 Å². The summed E-state index contributed by atoms with van der Waals surface area (Å²) in [6.07, 6.45) is 2.26. The highest BCUT2D eigenvalue weighted by Crippen LogP contribution is 1.94. The average Bonchev–Trinajstić information content (AvgIpc) is 2.26. The maximum Gasteiger partial charge on any atom is 0.153 e. The molecule has 0 atom stereocenters. The summed E-state index contributed by atoms with van der Waals surface area (Å²) in [5, 5.41) is 0. The quantitative estimate of drug-likeness (QED) is 0.229. The number of allylic oxidation sites excluding steroid dienone is 2. The molecule has 0 bridgehead atoms. The van der Waals surface area contributed by atoms with Crippen molar-refractivity contribution in [3.8, 4) is 11.8 Å². The van der Waals surface area contributed by atoms with Crippen LogP contribution in [0.15, 0.2) is 42.0 Å². The SMILES string of the molecule is O=CC(C=O)=CC#Cc1ccccc1. The maximum atomic E-state index is 10.2. The lowest BCUT2D eigenvalue weighted by molar-refractivity contribution is -0.109. The lowest BCUT2D eigenvalue weighted by atomic mass is 10.2. The minimum absolute atomic E-state index is 0.0495. The van der Waals surface area contributed by atoms with Gasteiger partial charge in [0, 0.05) is 11.6 Å². The van der Waals surface area contributed by atoms with Gasteiger partial charge in [-0.05, 0) is 12.1 Å². The van der Waals surface area contributed by atoms with Gasteiger partial charge in [-0.25, -0.2) is 0 Å². The van der Waals surface area contributed by atoms with Gasteiger partial charge >= 0.3 is 0 Å². The fourth-order valence-corrected chi connectivity index (χ4v) is 0.820. The topological polar surface area (TPSA) is 34.1 Å². The van der Waals surface area contributed by atoms with Crippen molar-refractivity contribution >= 4 is 12.6 Å². The van der Waals surface area contributed by atoms with Gasteiger partial charge in [0.05, 0.1) is 5.57 Å². The monoisotopic (exact) mass is 184 g/mol. The van der Waals surface area contributed by atoms with E-state index in [4.69, 9.17) is 0 Å². The molecule has 1 rings (SSSR count). The highest BCUT2D eigenvalue weighted by molar-refractivity contribution is 5.99. The third-order valence-corrected chi connectivity index (χ3v) is 1.50. The number of aldehydes is 2. The summed E-state index contributed by atoms with van der Waals surface area (Å²) in [6, 6.07) is 9.33. The molecule has 0 heterocycles. The Morgan fingerprint density at radius 1 is 1.07 bits per heavy atom. The third-order valence-electron chi connectivity index (χ3n) is 1.50. The highest BCUT2D eigenvalue weighted by Gasteiger charge is 1.86. The van der Waals surface area contributed by atoms with Gasteiger partial charge in [0.1, 0.15) is 0 Å². The molecule has 0 saturated carbocycles. The van der Waals surface area contributed by atoms with E-state index in [-0.39, 0.29) is 5.57 Å². The Hall–Kier alpha value is -2.14. The Labute approximate surface area is 82.3 Å². The Kier molecular flexibility index (Phi) is 3.90. The summed E-state index contributed by atoms with van der Waals surface area (Å²) in [7, 11) is 0. The van der Waals surface area contributed by atoms with Crippen molar-refractivity contribution in [1.82, 2.24) is 0 Å². The van der Waals surface area contributed by atoms with Crippen LogP contribution in [0.5, 0.6) is 0 Å². The van der Waals surface area contributed by atoms with Crippen molar-refractivity contribution < 1.29 is 9.59 Å². The molecule has 0 aliphatic carbocycles. The van der Waals surface area contributed by atoms with E-state index >= 15 is 0 Å². The third kappa shape index (κ3) is 3.08. The molecule has 0 unspecified atom stereocenters. The Morgan fingerprint density at radius 2 is 1.71 bits per heavy atom. The van der Waals surface area contributed by atoms with Crippen LogP contribution in [0.25, 0.3) is 0 Å². The van der Waals surface area contributed by atoms with Crippen molar-refractivity contribution in [3.63, 3.8) is 0 Å². The van der Waals surface area contributed by atoms with Crippen LogP contribution in [0.2, 0.25) is 0 Å². The van der Waals surface area contributed by atoms with E-state index < -0.39 is 0 Å². The van der Waals surface area contributed by atoms with Crippen LogP contribution in [0, 0.1) is 11.8 Å². The van der Waals surface area contributed by atoms with Crippen LogP contribution in [-0.4, -0.2) is 12.6 Å². The van der Waals surface area contributed by atoms with Crippen LogP contribution in [-0.2, 0) is 9.59 Å². The predicted octanol–water partition coefficient (Wildman–Crippen LogP) is 1.36. The zero-order valence-electron chi connectivity index (χ0n) is 7.44. The zero-order chi connectivity index (χ0) is 10.2. The van der Waals surface area contributed by atoms with Crippen molar-refractivity contribution in [1.29, 1.82) is 0 Å². The Balaban J connectivity index is 2.79. The van der Waals surface area contributed by atoms with Gasteiger partial charge in [0.15, 0.2) is 12.6 Å². The molecule has 0 aliphatic heterocycles. The predicted molar refractivity (Wildman–Crippen MR) is 53.5 cm³/mol. The van der Waals surface area contributed by atoms with E-state index in [0.717, 1.165) is 5.56 Å². The van der Waals surface area contributed by atoms with Crippen molar-refractivity contribution in [2.45, 2.75) is 0 Å². The molecule has 0 fully saturated rings. The second kappa shape index (κ2) is 5.50. The van der Waals surface area contributed by atoms with E-state index in [1.165, 1.54) is 6.08 Å². The largest absolute Gasteiger partial charge is 0.298 e. The minimum atomic E-state index is 0.0495.